The predicted octanol–water partition coefficient (Wildman–Crippen LogP) is 2.57. The Bertz CT molecular complexity index is 734. The first-order chi connectivity index (χ1) is 12.0. The maximum Gasteiger partial charge on any atom is 0.255 e. The number of nitrogens with zero attached hydrogens (tertiary/aromatic N) is 2. The van der Waals surface area contributed by atoms with E-state index in [4.69, 9.17) is 0 Å². The molecule has 132 valence electrons. The zero-order chi connectivity index (χ0) is 17.6. The van der Waals surface area contributed by atoms with Gasteiger partial charge in [-0.15, -0.1) is 0 Å². The van der Waals surface area contributed by atoms with Crippen molar-refractivity contribution in [3.05, 3.63) is 29.3 Å². The van der Waals surface area contributed by atoms with Crippen LogP contribution in [0.5, 0.6) is 0 Å². The van der Waals surface area contributed by atoms with Crippen LogP contribution in [0.25, 0.3) is 0 Å². The molecular formula is C20H24N2O3. The Morgan fingerprint density at radius 1 is 1.04 bits per heavy atom. The lowest BCUT2D eigenvalue weighted by molar-refractivity contribution is -0.133. The summed E-state index contributed by atoms with van der Waals surface area (Å²) in [5.41, 5.74) is 2.88. The molecule has 1 atom stereocenters. The lowest BCUT2D eigenvalue weighted by Gasteiger charge is -2.32. The first-order valence-corrected chi connectivity index (χ1v) is 9.26. The Hall–Kier alpha value is -2.17. The fraction of sp³-hybridized carbons (Fsp3) is 0.550. The number of fused-ring (bicyclic) bond motifs is 1. The number of carbonyl (C=O) groups is 3. The van der Waals surface area contributed by atoms with E-state index < -0.39 is 6.04 Å². The Morgan fingerprint density at radius 3 is 2.52 bits per heavy atom. The van der Waals surface area contributed by atoms with Crippen LogP contribution in [0.2, 0.25) is 0 Å². The lowest BCUT2D eigenvalue weighted by atomic mass is 9.92. The Kier molecular flexibility index (Phi) is 4.10. The van der Waals surface area contributed by atoms with Gasteiger partial charge in [0, 0.05) is 37.3 Å². The summed E-state index contributed by atoms with van der Waals surface area (Å²) in [5.74, 6) is 0.596. The number of rotatable bonds is 2. The van der Waals surface area contributed by atoms with Gasteiger partial charge in [0.05, 0.1) is 12.5 Å². The minimum Gasteiger partial charge on any atom is -0.372 e. The van der Waals surface area contributed by atoms with Crippen LogP contribution in [-0.2, 0) is 16.1 Å². The molecule has 0 spiro atoms. The van der Waals surface area contributed by atoms with Gasteiger partial charge in [-0.1, -0.05) is 6.92 Å². The fourth-order valence-corrected chi connectivity index (χ4v) is 4.23. The first kappa shape index (κ1) is 16.3. The monoisotopic (exact) mass is 340 g/mol. The third kappa shape index (κ3) is 2.96. The molecule has 1 saturated heterocycles. The molecule has 1 aliphatic carbocycles. The second kappa shape index (κ2) is 6.28. The molecule has 1 amide bonds. The van der Waals surface area contributed by atoms with E-state index in [1.807, 2.05) is 12.1 Å². The lowest BCUT2D eigenvalue weighted by Crippen LogP contribution is -2.44. The zero-order valence-electron chi connectivity index (χ0n) is 14.7. The van der Waals surface area contributed by atoms with Crippen molar-refractivity contribution < 1.29 is 14.4 Å². The van der Waals surface area contributed by atoms with Crippen molar-refractivity contribution in [2.75, 3.05) is 18.0 Å². The minimum absolute atomic E-state index is 0.00739. The molecular weight excluding hydrogens is 316 g/mol. The number of piperidine rings is 1. The van der Waals surface area contributed by atoms with Crippen LogP contribution in [0.1, 0.15) is 54.9 Å². The van der Waals surface area contributed by atoms with Crippen molar-refractivity contribution in [2.24, 2.45) is 5.92 Å². The first-order valence-electron chi connectivity index (χ1n) is 9.26. The number of ketones is 2. The molecule has 5 nitrogen and oxygen atoms in total. The maximum absolute atomic E-state index is 12.7. The minimum atomic E-state index is -0.433. The topological polar surface area (TPSA) is 57.7 Å². The summed E-state index contributed by atoms with van der Waals surface area (Å²) < 4.78 is 0. The second-order valence-electron chi connectivity index (χ2n) is 7.68. The highest BCUT2D eigenvalue weighted by molar-refractivity contribution is 6.07. The summed E-state index contributed by atoms with van der Waals surface area (Å²) in [6.45, 7) is 4.89. The van der Waals surface area contributed by atoms with Crippen LogP contribution in [0, 0.1) is 5.92 Å². The number of benzene rings is 1. The molecule has 0 N–H and O–H groups in total. The highest BCUT2D eigenvalue weighted by Crippen LogP contribution is 2.32. The standard InChI is InChI=1S/C20H24N2O3/c1-13-6-8-21(9-7-13)15-2-4-17-14(10-15)12-22(20(17)25)18-5-3-16(23)11-19(18)24/h2,4,10,13,18H,3,5-9,11-12H2,1H3. The van der Waals surface area contributed by atoms with E-state index in [9.17, 15) is 14.4 Å². The summed E-state index contributed by atoms with van der Waals surface area (Å²) in [7, 11) is 0. The molecule has 1 aromatic carbocycles. The van der Waals surface area contributed by atoms with Gasteiger partial charge in [0.1, 0.15) is 5.78 Å². The molecule has 2 fully saturated rings. The molecule has 2 heterocycles. The summed E-state index contributed by atoms with van der Waals surface area (Å²) in [6, 6.07) is 5.62. The van der Waals surface area contributed by atoms with E-state index in [1.54, 1.807) is 4.90 Å². The quantitative estimate of drug-likeness (QED) is 0.777. The molecule has 25 heavy (non-hydrogen) atoms. The average Bonchev–Trinajstić information content (AvgIpc) is 2.92. The SMILES string of the molecule is CC1CCN(c2ccc3c(c2)CN(C2CCC(=O)CC2=O)C3=O)CC1. The van der Waals surface area contributed by atoms with Crippen molar-refractivity contribution >= 4 is 23.2 Å². The second-order valence-corrected chi connectivity index (χ2v) is 7.68. The van der Waals surface area contributed by atoms with Gasteiger partial charge in [0.25, 0.3) is 5.91 Å². The van der Waals surface area contributed by atoms with Crippen LogP contribution in [0.4, 0.5) is 5.69 Å². The average molecular weight is 340 g/mol. The third-order valence-electron chi connectivity index (χ3n) is 5.89. The molecule has 0 radical (unpaired) electrons. The van der Waals surface area contributed by atoms with Crippen molar-refractivity contribution in [3.63, 3.8) is 0 Å². The van der Waals surface area contributed by atoms with E-state index in [1.165, 1.54) is 18.5 Å². The molecule has 4 rings (SSSR count). The van der Waals surface area contributed by atoms with Crippen molar-refractivity contribution in [3.8, 4) is 0 Å². The number of carbonyl (C=O) groups excluding carboxylic acids is 3. The number of anilines is 1. The van der Waals surface area contributed by atoms with E-state index in [2.05, 4.69) is 17.9 Å². The largest absolute Gasteiger partial charge is 0.372 e. The van der Waals surface area contributed by atoms with Gasteiger partial charge in [0.2, 0.25) is 0 Å². The van der Waals surface area contributed by atoms with Gasteiger partial charge < -0.3 is 9.80 Å². The Labute approximate surface area is 148 Å². The number of amides is 1. The van der Waals surface area contributed by atoms with E-state index in [0.29, 0.717) is 24.9 Å². The van der Waals surface area contributed by atoms with Crippen molar-refractivity contribution in [1.82, 2.24) is 4.90 Å². The maximum atomic E-state index is 12.7. The molecule has 0 aromatic heterocycles. The molecule has 1 saturated carbocycles. The molecule has 2 aliphatic heterocycles. The molecule has 1 unspecified atom stereocenters. The van der Waals surface area contributed by atoms with E-state index >= 15 is 0 Å². The van der Waals surface area contributed by atoms with Gasteiger partial charge in [-0.3, -0.25) is 14.4 Å². The number of Topliss-reactive ketones (excluding diaryl/α,β-unsaturated/α-hetero) is 2. The van der Waals surface area contributed by atoms with Crippen LogP contribution < -0.4 is 4.90 Å². The summed E-state index contributed by atoms with van der Waals surface area (Å²) >= 11 is 0. The molecule has 1 aromatic rings. The predicted molar refractivity (Wildman–Crippen MR) is 94.6 cm³/mol. The normalized spacial score (nSPS) is 24.8. The van der Waals surface area contributed by atoms with Gasteiger partial charge in [-0.05, 0) is 48.9 Å². The molecule has 5 heteroatoms. The Balaban J connectivity index is 1.53. The molecule has 3 aliphatic rings. The number of hydrogen-bond donors (Lipinski definition) is 0. The van der Waals surface area contributed by atoms with Gasteiger partial charge >= 0.3 is 0 Å². The smallest absolute Gasteiger partial charge is 0.255 e. The van der Waals surface area contributed by atoms with Gasteiger partial charge in [-0.25, -0.2) is 0 Å². The van der Waals surface area contributed by atoms with Crippen LogP contribution >= 0.6 is 0 Å². The Morgan fingerprint density at radius 2 is 1.80 bits per heavy atom. The van der Waals surface area contributed by atoms with Crippen LogP contribution in [-0.4, -0.2) is 41.5 Å². The van der Waals surface area contributed by atoms with Crippen LogP contribution in [0.3, 0.4) is 0 Å². The summed E-state index contributed by atoms with van der Waals surface area (Å²) in [4.78, 5) is 40.4. The van der Waals surface area contributed by atoms with E-state index in [0.717, 1.165) is 24.6 Å². The van der Waals surface area contributed by atoms with Gasteiger partial charge in [-0.2, -0.15) is 0 Å². The van der Waals surface area contributed by atoms with E-state index in [-0.39, 0.29) is 23.9 Å². The zero-order valence-corrected chi connectivity index (χ0v) is 14.7. The van der Waals surface area contributed by atoms with Gasteiger partial charge in [0.15, 0.2) is 5.78 Å². The summed E-state index contributed by atoms with van der Waals surface area (Å²) in [6.07, 6.45) is 3.24. The van der Waals surface area contributed by atoms with Crippen molar-refractivity contribution in [2.45, 2.75) is 51.6 Å². The van der Waals surface area contributed by atoms with Crippen molar-refractivity contribution in [1.29, 1.82) is 0 Å². The summed E-state index contributed by atoms with van der Waals surface area (Å²) in [5, 5.41) is 0. The van der Waals surface area contributed by atoms with Crippen LogP contribution in [0.15, 0.2) is 18.2 Å². The number of hydrogen-bond acceptors (Lipinski definition) is 4. The highest BCUT2D eigenvalue weighted by Gasteiger charge is 2.39. The molecule has 0 bridgehead atoms. The fourth-order valence-electron chi connectivity index (χ4n) is 4.23. The third-order valence-corrected chi connectivity index (χ3v) is 5.89. The highest BCUT2D eigenvalue weighted by atomic mass is 16.2.